The number of nitrogens with one attached hydrogen (secondary N) is 2. The highest BCUT2D eigenvalue weighted by Gasteiger charge is 2.10. The van der Waals surface area contributed by atoms with E-state index in [1.165, 1.54) is 5.56 Å². The van der Waals surface area contributed by atoms with Crippen molar-refractivity contribution in [1.29, 1.82) is 0 Å². The summed E-state index contributed by atoms with van der Waals surface area (Å²) in [6.07, 6.45) is 1.71. The van der Waals surface area contributed by atoms with Gasteiger partial charge in [-0.2, -0.15) is 0 Å². The maximum absolute atomic E-state index is 5.83. The molecule has 1 aromatic heterocycles. The van der Waals surface area contributed by atoms with Crippen molar-refractivity contribution in [3.05, 3.63) is 48.2 Å². The molecule has 4 N–H and O–H groups in total. The van der Waals surface area contributed by atoms with E-state index in [2.05, 4.69) is 32.7 Å². The van der Waals surface area contributed by atoms with E-state index in [1.54, 1.807) is 6.20 Å². The summed E-state index contributed by atoms with van der Waals surface area (Å²) in [5, 5.41) is 6.49. The second-order valence-corrected chi connectivity index (χ2v) is 4.34. The molecule has 0 unspecified atom stereocenters. The quantitative estimate of drug-likeness (QED) is 0.783. The van der Waals surface area contributed by atoms with Crippen LogP contribution in [-0.4, -0.2) is 17.4 Å². The molecule has 0 radical (unpaired) electrons. The number of nitrogens with two attached hydrogens (primary N) is 1. The Morgan fingerprint density at radius 2 is 2.11 bits per heavy atom. The molecule has 1 aliphatic heterocycles. The summed E-state index contributed by atoms with van der Waals surface area (Å²) in [5.41, 5.74) is 8.79. The first-order valence-corrected chi connectivity index (χ1v) is 6.15. The fourth-order valence-electron chi connectivity index (χ4n) is 1.99. The van der Waals surface area contributed by atoms with Crippen LogP contribution in [0.2, 0.25) is 0 Å². The number of fused-ring (bicyclic) bond motifs is 1. The highest BCUT2D eigenvalue weighted by atomic mass is 15.1. The van der Waals surface area contributed by atoms with Gasteiger partial charge in [-0.1, -0.05) is 18.2 Å². The van der Waals surface area contributed by atoms with Crippen molar-refractivity contribution < 1.29 is 0 Å². The van der Waals surface area contributed by atoms with Gasteiger partial charge in [0.1, 0.15) is 11.7 Å². The van der Waals surface area contributed by atoms with E-state index in [0.717, 1.165) is 11.5 Å². The molecule has 0 saturated heterocycles. The van der Waals surface area contributed by atoms with Crippen LogP contribution in [0.3, 0.4) is 0 Å². The van der Waals surface area contributed by atoms with Gasteiger partial charge in [0.15, 0.2) is 0 Å². The largest absolute Gasteiger partial charge is 0.396 e. The number of para-hydroxylation sites is 1. The summed E-state index contributed by atoms with van der Waals surface area (Å²) < 4.78 is 0. The third-order valence-electron chi connectivity index (χ3n) is 3.00. The molecule has 0 atom stereocenters. The van der Waals surface area contributed by atoms with E-state index in [-0.39, 0.29) is 0 Å². The van der Waals surface area contributed by atoms with Crippen molar-refractivity contribution in [2.75, 3.05) is 22.9 Å². The van der Waals surface area contributed by atoms with Crippen LogP contribution in [0, 0.1) is 0 Å². The zero-order valence-electron chi connectivity index (χ0n) is 10.4. The molecule has 0 amide bonds. The predicted octanol–water partition coefficient (Wildman–Crippen LogP) is 2.10. The number of aliphatic imine (C=N–C) groups is 1. The van der Waals surface area contributed by atoms with Crippen molar-refractivity contribution in [1.82, 2.24) is 4.98 Å². The Bertz CT molecular complexity index is 621. The lowest BCUT2D eigenvalue weighted by atomic mass is 10.1. The normalized spacial score (nSPS) is 13.2. The Morgan fingerprint density at radius 3 is 3.00 bits per heavy atom. The molecule has 1 aromatic carbocycles. The van der Waals surface area contributed by atoms with Gasteiger partial charge in [0.2, 0.25) is 0 Å². The SMILES string of the molecule is Nc1cccnc1NCC1=NCc2ccccc2N1. The number of aromatic nitrogens is 1. The van der Waals surface area contributed by atoms with Gasteiger partial charge in [-0.3, -0.25) is 4.99 Å². The molecule has 0 spiro atoms. The number of hydrogen-bond acceptors (Lipinski definition) is 5. The first kappa shape index (κ1) is 11.5. The first-order chi connectivity index (χ1) is 9.33. The van der Waals surface area contributed by atoms with Crippen molar-refractivity contribution in [3.63, 3.8) is 0 Å². The smallest absolute Gasteiger partial charge is 0.149 e. The summed E-state index contributed by atoms with van der Waals surface area (Å²) in [6.45, 7) is 1.29. The van der Waals surface area contributed by atoms with Gasteiger partial charge >= 0.3 is 0 Å². The van der Waals surface area contributed by atoms with E-state index in [9.17, 15) is 0 Å². The fraction of sp³-hybridized carbons (Fsp3) is 0.143. The van der Waals surface area contributed by atoms with Crippen LogP contribution in [0.25, 0.3) is 0 Å². The van der Waals surface area contributed by atoms with Crippen LogP contribution in [0.5, 0.6) is 0 Å². The van der Waals surface area contributed by atoms with Gasteiger partial charge < -0.3 is 16.4 Å². The van der Waals surface area contributed by atoms with Gasteiger partial charge in [-0.05, 0) is 23.8 Å². The maximum Gasteiger partial charge on any atom is 0.149 e. The summed E-state index contributed by atoms with van der Waals surface area (Å²) in [7, 11) is 0. The number of nitrogens with zero attached hydrogens (tertiary/aromatic N) is 2. The summed E-state index contributed by atoms with van der Waals surface area (Å²) in [6, 6.07) is 11.8. The molecule has 0 fully saturated rings. The first-order valence-electron chi connectivity index (χ1n) is 6.15. The van der Waals surface area contributed by atoms with Gasteiger partial charge in [-0.15, -0.1) is 0 Å². The minimum Gasteiger partial charge on any atom is -0.396 e. The van der Waals surface area contributed by atoms with E-state index in [1.807, 2.05) is 24.3 Å². The molecule has 5 heteroatoms. The summed E-state index contributed by atoms with van der Waals surface area (Å²) in [5.74, 6) is 1.58. The van der Waals surface area contributed by atoms with E-state index >= 15 is 0 Å². The second-order valence-electron chi connectivity index (χ2n) is 4.34. The maximum atomic E-state index is 5.83. The Kier molecular flexibility index (Phi) is 3.02. The topological polar surface area (TPSA) is 75.3 Å². The lowest BCUT2D eigenvalue weighted by Gasteiger charge is -2.19. The molecule has 0 bridgehead atoms. The lowest BCUT2D eigenvalue weighted by Crippen LogP contribution is -2.26. The zero-order chi connectivity index (χ0) is 13.1. The Morgan fingerprint density at radius 1 is 1.21 bits per heavy atom. The number of benzene rings is 1. The van der Waals surface area contributed by atoms with Crippen molar-refractivity contribution in [2.45, 2.75) is 6.54 Å². The Balaban J connectivity index is 1.67. The van der Waals surface area contributed by atoms with Crippen LogP contribution < -0.4 is 16.4 Å². The summed E-state index contributed by atoms with van der Waals surface area (Å²) in [4.78, 5) is 8.68. The molecule has 19 heavy (non-hydrogen) atoms. The molecule has 2 aromatic rings. The Hall–Kier alpha value is -2.56. The van der Waals surface area contributed by atoms with Crippen molar-refractivity contribution in [2.24, 2.45) is 4.99 Å². The molecular weight excluding hydrogens is 238 g/mol. The second kappa shape index (κ2) is 4.97. The highest BCUT2D eigenvalue weighted by molar-refractivity contribution is 6.00. The average Bonchev–Trinajstić information content (AvgIpc) is 2.46. The minimum atomic E-state index is 0.579. The third kappa shape index (κ3) is 2.49. The van der Waals surface area contributed by atoms with Crippen molar-refractivity contribution >= 4 is 23.0 Å². The van der Waals surface area contributed by atoms with Gasteiger partial charge in [-0.25, -0.2) is 4.98 Å². The van der Waals surface area contributed by atoms with Crippen LogP contribution in [0.1, 0.15) is 5.56 Å². The standard InChI is InChI=1S/C14H15N5/c15-11-5-3-7-16-14(11)18-9-13-17-8-10-4-1-2-6-12(10)19-13/h1-7H,8-9,15H2,(H,16,18)(H,17,19). The number of nitrogen functional groups attached to an aromatic ring is 1. The van der Waals surface area contributed by atoms with Crippen LogP contribution in [0.15, 0.2) is 47.6 Å². The predicted molar refractivity (Wildman–Crippen MR) is 78.3 cm³/mol. The van der Waals surface area contributed by atoms with Crippen LogP contribution in [0.4, 0.5) is 17.2 Å². The number of rotatable bonds is 3. The molecule has 96 valence electrons. The molecule has 0 saturated carbocycles. The van der Waals surface area contributed by atoms with Crippen molar-refractivity contribution in [3.8, 4) is 0 Å². The number of amidine groups is 1. The number of pyridine rings is 1. The molecular formula is C14H15N5. The molecule has 2 heterocycles. The van der Waals surface area contributed by atoms with Crippen LogP contribution in [-0.2, 0) is 6.54 Å². The monoisotopic (exact) mass is 253 g/mol. The summed E-state index contributed by atoms with van der Waals surface area (Å²) >= 11 is 0. The zero-order valence-corrected chi connectivity index (χ0v) is 10.4. The fourth-order valence-corrected chi connectivity index (χ4v) is 1.99. The van der Waals surface area contributed by atoms with E-state index in [4.69, 9.17) is 5.73 Å². The average molecular weight is 253 g/mol. The number of anilines is 3. The minimum absolute atomic E-state index is 0.579. The lowest BCUT2D eigenvalue weighted by molar-refractivity contribution is 1.03. The van der Waals surface area contributed by atoms with E-state index in [0.29, 0.717) is 24.6 Å². The molecule has 3 rings (SSSR count). The van der Waals surface area contributed by atoms with Gasteiger partial charge in [0.05, 0.1) is 18.8 Å². The molecule has 0 aliphatic carbocycles. The van der Waals surface area contributed by atoms with Crippen LogP contribution >= 0.6 is 0 Å². The van der Waals surface area contributed by atoms with E-state index < -0.39 is 0 Å². The highest BCUT2D eigenvalue weighted by Crippen LogP contribution is 2.20. The van der Waals surface area contributed by atoms with Gasteiger partial charge in [0, 0.05) is 11.9 Å². The molecule has 5 nitrogen and oxygen atoms in total. The number of hydrogen-bond donors (Lipinski definition) is 3. The Labute approximate surface area is 111 Å². The third-order valence-corrected chi connectivity index (χ3v) is 3.00. The molecule has 1 aliphatic rings. The van der Waals surface area contributed by atoms with Gasteiger partial charge in [0.25, 0.3) is 0 Å².